The predicted molar refractivity (Wildman–Crippen MR) is 157 cm³/mol. The zero-order chi connectivity index (χ0) is 25.1. The Kier molecular flexibility index (Phi) is 5.09. The fourth-order valence-corrected chi connectivity index (χ4v) is 6.80. The van der Waals surface area contributed by atoms with Crippen LogP contribution in [0, 0.1) is 5.82 Å². The highest BCUT2D eigenvalue weighted by Gasteiger charge is 2.19. The van der Waals surface area contributed by atoms with Gasteiger partial charge in [0.2, 0.25) is 0 Å². The van der Waals surface area contributed by atoms with Crippen LogP contribution < -0.4 is 0 Å². The number of hydrogen-bond acceptors (Lipinski definition) is 2. The van der Waals surface area contributed by atoms with Crippen LogP contribution >= 0.6 is 11.3 Å². The van der Waals surface area contributed by atoms with Crippen LogP contribution in [0.4, 0.5) is 4.39 Å². The van der Waals surface area contributed by atoms with E-state index in [1.165, 1.54) is 38.4 Å². The van der Waals surface area contributed by atoms with Gasteiger partial charge in [-0.1, -0.05) is 92.7 Å². The predicted octanol–water partition coefficient (Wildman–Crippen LogP) is 10.4. The molecule has 0 atom stereocenters. The van der Waals surface area contributed by atoms with Crippen LogP contribution in [0.2, 0.25) is 0 Å². The summed E-state index contributed by atoms with van der Waals surface area (Å²) in [7, 11) is 0. The molecule has 2 heterocycles. The van der Waals surface area contributed by atoms with Gasteiger partial charge in [0.05, 0.1) is 15.1 Å². The molecule has 0 aliphatic carbocycles. The summed E-state index contributed by atoms with van der Waals surface area (Å²) in [6.07, 6.45) is 1.85. The van der Waals surface area contributed by atoms with Crippen molar-refractivity contribution in [3.8, 4) is 22.4 Å². The second kappa shape index (κ2) is 8.50. The fourth-order valence-electron chi connectivity index (χ4n) is 5.55. The highest BCUT2D eigenvalue weighted by atomic mass is 32.1. The molecule has 7 aromatic rings. The van der Waals surface area contributed by atoms with Crippen molar-refractivity contribution in [2.24, 2.45) is 0 Å². The maximum absolute atomic E-state index is 15.8. The Hall–Kier alpha value is -4.08. The van der Waals surface area contributed by atoms with E-state index in [2.05, 4.69) is 68.4 Å². The lowest BCUT2D eigenvalue weighted by Crippen LogP contribution is -1.94. The van der Waals surface area contributed by atoms with E-state index in [0.29, 0.717) is 16.2 Å². The van der Waals surface area contributed by atoms with Gasteiger partial charge in [-0.3, -0.25) is 4.98 Å². The Balaban J connectivity index is 1.50. The van der Waals surface area contributed by atoms with Gasteiger partial charge in [-0.15, -0.1) is 11.3 Å². The molecule has 37 heavy (non-hydrogen) atoms. The molecule has 0 aliphatic rings. The first kappa shape index (κ1) is 22.1. The molecule has 3 heteroatoms. The van der Waals surface area contributed by atoms with Gasteiger partial charge in [0.1, 0.15) is 5.82 Å². The van der Waals surface area contributed by atoms with Gasteiger partial charge in [0.25, 0.3) is 0 Å². The van der Waals surface area contributed by atoms with Crippen molar-refractivity contribution in [2.45, 2.75) is 19.8 Å². The lowest BCUT2D eigenvalue weighted by molar-refractivity contribution is 0.645. The van der Waals surface area contributed by atoms with Crippen LogP contribution in [0.15, 0.2) is 103 Å². The van der Waals surface area contributed by atoms with Gasteiger partial charge in [-0.25, -0.2) is 4.39 Å². The Morgan fingerprint density at radius 2 is 1.43 bits per heavy atom. The van der Waals surface area contributed by atoms with E-state index < -0.39 is 0 Å². The number of hydrogen-bond donors (Lipinski definition) is 0. The quantitative estimate of drug-likeness (QED) is 0.221. The lowest BCUT2D eigenvalue weighted by Gasteiger charge is -2.15. The Morgan fingerprint density at radius 1 is 0.676 bits per heavy atom. The Labute approximate surface area is 218 Å². The summed E-state index contributed by atoms with van der Waals surface area (Å²) in [6.45, 7) is 4.49. The molecule has 0 bridgehead atoms. The standard InChI is InChI=1S/C34H24FNS/c1-20(2)29-19-24(18-23-13-12-22-10-6-7-11-25(22)30(23)29)32-34-28(16-17-36-32)27-15-14-26(31(35)33(27)37-34)21-8-4-3-5-9-21/h3-20H,1-2H3. The number of aromatic nitrogens is 1. The average Bonchev–Trinajstić information content (AvgIpc) is 3.33. The fraction of sp³-hybridized carbons (Fsp3) is 0.0882. The highest BCUT2D eigenvalue weighted by molar-refractivity contribution is 7.26. The highest BCUT2D eigenvalue weighted by Crippen LogP contribution is 2.43. The molecular formula is C34H24FNS. The second-order valence-electron chi connectivity index (χ2n) is 9.91. The van der Waals surface area contributed by atoms with E-state index in [4.69, 9.17) is 4.98 Å². The molecule has 0 saturated heterocycles. The Morgan fingerprint density at radius 3 is 2.27 bits per heavy atom. The maximum Gasteiger partial charge on any atom is 0.148 e. The molecule has 7 rings (SSSR count). The summed E-state index contributed by atoms with van der Waals surface area (Å²) in [5, 5.41) is 7.03. The number of rotatable bonds is 3. The first-order valence-corrected chi connectivity index (χ1v) is 13.4. The van der Waals surface area contributed by atoms with Crippen LogP contribution in [0.5, 0.6) is 0 Å². The maximum atomic E-state index is 15.8. The number of nitrogens with zero attached hydrogens (tertiary/aromatic N) is 1. The number of pyridine rings is 1. The topological polar surface area (TPSA) is 12.9 Å². The second-order valence-corrected chi connectivity index (χ2v) is 10.9. The van der Waals surface area contributed by atoms with Gasteiger partial charge in [-0.05, 0) is 56.8 Å². The van der Waals surface area contributed by atoms with Gasteiger partial charge in [0.15, 0.2) is 0 Å². The minimum atomic E-state index is -0.163. The third-order valence-electron chi connectivity index (χ3n) is 7.35. The molecule has 0 fully saturated rings. The largest absolute Gasteiger partial charge is 0.255 e. The van der Waals surface area contributed by atoms with Crippen molar-refractivity contribution in [1.29, 1.82) is 0 Å². The first-order chi connectivity index (χ1) is 18.1. The van der Waals surface area contributed by atoms with Crippen LogP contribution in [0.3, 0.4) is 0 Å². The van der Waals surface area contributed by atoms with Crippen LogP contribution in [-0.4, -0.2) is 4.98 Å². The monoisotopic (exact) mass is 497 g/mol. The first-order valence-electron chi connectivity index (χ1n) is 12.6. The van der Waals surface area contributed by atoms with Crippen molar-refractivity contribution in [3.63, 3.8) is 0 Å². The van der Waals surface area contributed by atoms with Crippen molar-refractivity contribution in [3.05, 3.63) is 115 Å². The minimum absolute atomic E-state index is 0.163. The number of thiophene rings is 1. The van der Waals surface area contributed by atoms with Crippen molar-refractivity contribution < 1.29 is 4.39 Å². The zero-order valence-electron chi connectivity index (χ0n) is 20.6. The van der Waals surface area contributed by atoms with E-state index in [-0.39, 0.29) is 5.82 Å². The third-order valence-corrected chi connectivity index (χ3v) is 8.57. The lowest BCUT2D eigenvalue weighted by atomic mass is 9.89. The van der Waals surface area contributed by atoms with Gasteiger partial charge < -0.3 is 0 Å². The molecule has 0 unspecified atom stereocenters. The summed E-state index contributed by atoms with van der Waals surface area (Å²) in [6, 6.07) is 33.2. The van der Waals surface area contributed by atoms with Gasteiger partial charge >= 0.3 is 0 Å². The summed E-state index contributed by atoms with van der Waals surface area (Å²) in [4.78, 5) is 4.84. The average molecular weight is 498 g/mol. The van der Waals surface area contributed by atoms with Crippen LogP contribution in [0.25, 0.3) is 64.1 Å². The van der Waals surface area contributed by atoms with Crippen LogP contribution in [-0.2, 0) is 0 Å². The van der Waals surface area contributed by atoms with Crippen LogP contribution in [0.1, 0.15) is 25.3 Å². The Bertz CT molecular complexity index is 1970. The van der Waals surface area contributed by atoms with Gasteiger partial charge in [-0.2, -0.15) is 0 Å². The minimum Gasteiger partial charge on any atom is -0.255 e. The van der Waals surface area contributed by atoms with E-state index in [1.54, 1.807) is 0 Å². The van der Waals surface area contributed by atoms with Crippen molar-refractivity contribution >= 4 is 53.1 Å². The van der Waals surface area contributed by atoms with E-state index >= 15 is 4.39 Å². The molecular weight excluding hydrogens is 473 g/mol. The molecule has 178 valence electrons. The molecule has 2 aromatic heterocycles. The zero-order valence-corrected chi connectivity index (χ0v) is 21.4. The normalized spacial score (nSPS) is 11.9. The van der Waals surface area contributed by atoms with E-state index in [0.717, 1.165) is 32.3 Å². The molecule has 0 N–H and O–H groups in total. The molecule has 0 spiro atoms. The molecule has 0 amide bonds. The van der Waals surface area contributed by atoms with Crippen molar-refractivity contribution in [2.75, 3.05) is 0 Å². The third kappa shape index (κ3) is 3.46. The summed E-state index contributed by atoms with van der Waals surface area (Å²) in [5.41, 5.74) is 4.82. The van der Waals surface area contributed by atoms with E-state index in [9.17, 15) is 0 Å². The van der Waals surface area contributed by atoms with E-state index in [1.807, 2.05) is 48.7 Å². The number of benzene rings is 5. The SMILES string of the molecule is CC(C)c1cc(-c2nccc3c2sc2c(F)c(-c4ccccc4)ccc23)cc2ccc3ccccc3c12. The molecule has 5 aromatic carbocycles. The molecule has 1 nitrogen and oxygen atoms in total. The summed E-state index contributed by atoms with van der Waals surface area (Å²) in [5.74, 6) is 0.185. The number of fused-ring (bicyclic) bond motifs is 6. The molecule has 0 saturated carbocycles. The molecule has 0 aliphatic heterocycles. The van der Waals surface area contributed by atoms with Crippen molar-refractivity contribution in [1.82, 2.24) is 4.98 Å². The number of halogens is 1. The summed E-state index contributed by atoms with van der Waals surface area (Å²) < 4.78 is 17.6. The molecule has 0 radical (unpaired) electrons. The summed E-state index contributed by atoms with van der Waals surface area (Å²) >= 11 is 1.50. The van der Waals surface area contributed by atoms with Gasteiger partial charge in [0, 0.05) is 28.1 Å². The smallest absolute Gasteiger partial charge is 0.148 e.